The molecule has 4 heterocycles. The molecule has 1 saturated carbocycles. The molecule has 0 unspecified atom stereocenters. The molecular formula is C20H26N6O2. The van der Waals surface area contributed by atoms with Crippen LogP contribution in [-0.2, 0) is 11.3 Å². The molecule has 3 aromatic rings. The Hall–Kier alpha value is -2.32. The predicted octanol–water partition coefficient (Wildman–Crippen LogP) is 1.82. The van der Waals surface area contributed by atoms with Crippen LogP contribution in [-0.4, -0.2) is 61.9 Å². The zero-order valence-corrected chi connectivity index (χ0v) is 16.1. The molecule has 3 aromatic heterocycles. The molecule has 8 heteroatoms. The van der Waals surface area contributed by atoms with Crippen molar-refractivity contribution in [2.45, 2.75) is 44.6 Å². The molecule has 5 rings (SSSR count). The number of rotatable bonds is 4. The summed E-state index contributed by atoms with van der Waals surface area (Å²) in [5.41, 5.74) is 0.766. The number of fused-ring (bicyclic) bond motifs is 3. The number of ether oxygens (including phenoxy) is 1. The van der Waals surface area contributed by atoms with E-state index in [2.05, 4.69) is 14.9 Å². The highest BCUT2D eigenvalue weighted by Gasteiger charge is 2.21. The maximum Gasteiger partial charge on any atom is 0.261 e. The van der Waals surface area contributed by atoms with E-state index in [1.54, 1.807) is 15.3 Å². The van der Waals surface area contributed by atoms with Crippen molar-refractivity contribution >= 4 is 16.7 Å². The van der Waals surface area contributed by atoms with E-state index in [0.717, 1.165) is 57.0 Å². The van der Waals surface area contributed by atoms with Crippen molar-refractivity contribution < 1.29 is 4.74 Å². The molecule has 0 atom stereocenters. The fourth-order valence-electron chi connectivity index (χ4n) is 4.36. The van der Waals surface area contributed by atoms with E-state index in [1.165, 1.54) is 19.3 Å². The first-order valence-corrected chi connectivity index (χ1v) is 10.3. The fraction of sp³-hybridized carbons (Fsp3) is 0.600. The quantitative estimate of drug-likeness (QED) is 0.685. The van der Waals surface area contributed by atoms with Crippen LogP contribution >= 0.6 is 0 Å². The molecule has 2 fully saturated rings. The number of aromatic nitrogens is 5. The Kier molecular flexibility index (Phi) is 4.82. The third kappa shape index (κ3) is 3.31. The normalized spacial score (nSPS) is 19.6. The SMILES string of the molecule is O=c1c2cnc3nc(C4CCCCC4)nn3c2ccn1CCN1CCOCC1. The van der Waals surface area contributed by atoms with E-state index in [-0.39, 0.29) is 5.56 Å². The first-order valence-electron chi connectivity index (χ1n) is 10.3. The minimum Gasteiger partial charge on any atom is -0.379 e. The van der Waals surface area contributed by atoms with Gasteiger partial charge in [0, 0.05) is 44.5 Å². The van der Waals surface area contributed by atoms with Crippen molar-refractivity contribution in [3.05, 3.63) is 34.6 Å². The van der Waals surface area contributed by atoms with Crippen LogP contribution in [0.3, 0.4) is 0 Å². The lowest BCUT2D eigenvalue weighted by atomic mass is 9.89. The van der Waals surface area contributed by atoms with E-state index in [1.807, 2.05) is 12.3 Å². The molecule has 2 aliphatic rings. The Balaban J connectivity index is 1.45. The van der Waals surface area contributed by atoms with Crippen LogP contribution in [0.2, 0.25) is 0 Å². The highest BCUT2D eigenvalue weighted by Crippen LogP contribution is 2.31. The third-order valence-corrected chi connectivity index (χ3v) is 6.05. The molecular weight excluding hydrogens is 356 g/mol. The lowest BCUT2D eigenvalue weighted by Gasteiger charge is -2.26. The summed E-state index contributed by atoms with van der Waals surface area (Å²) in [4.78, 5) is 24.4. The molecule has 28 heavy (non-hydrogen) atoms. The predicted molar refractivity (Wildman–Crippen MR) is 106 cm³/mol. The van der Waals surface area contributed by atoms with Gasteiger partial charge in [-0.1, -0.05) is 19.3 Å². The third-order valence-electron chi connectivity index (χ3n) is 6.05. The Morgan fingerprint density at radius 1 is 1.11 bits per heavy atom. The van der Waals surface area contributed by atoms with Gasteiger partial charge in [-0.05, 0) is 18.9 Å². The van der Waals surface area contributed by atoms with Gasteiger partial charge in [-0.2, -0.15) is 9.50 Å². The summed E-state index contributed by atoms with van der Waals surface area (Å²) in [6.45, 7) is 4.90. The summed E-state index contributed by atoms with van der Waals surface area (Å²) in [7, 11) is 0. The summed E-state index contributed by atoms with van der Waals surface area (Å²) < 4.78 is 8.90. The van der Waals surface area contributed by atoms with Gasteiger partial charge >= 0.3 is 0 Å². The van der Waals surface area contributed by atoms with E-state index in [9.17, 15) is 4.79 Å². The monoisotopic (exact) mass is 382 g/mol. The van der Waals surface area contributed by atoms with Crippen molar-refractivity contribution in [3.8, 4) is 0 Å². The van der Waals surface area contributed by atoms with Gasteiger partial charge in [-0.3, -0.25) is 9.69 Å². The maximum atomic E-state index is 13.0. The van der Waals surface area contributed by atoms with Crippen molar-refractivity contribution in [2.75, 3.05) is 32.8 Å². The van der Waals surface area contributed by atoms with Crippen LogP contribution in [0.4, 0.5) is 0 Å². The highest BCUT2D eigenvalue weighted by molar-refractivity contribution is 5.78. The van der Waals surface area contributed by atoms with E-state index in [4.69, 9.17) is 9.84 Å². The van der Waals surface area contributed by atoms with Gasteiger partial charge in [0.15, 0.2) is 5.82 Å². The molecule has 0 aromatic carbocycles. The van der Waals surface area contributed by atoms with E-state index >= 15 is 0 Å². The van der Waals surface area contributed by atoms with E-state index in [0.29, 0.717) is 23.6 Å². The second-order valence-electron chi connectivity index (χ2n) is 7.84. The zero-order valence-electron chi connectivity index (χ0n) is 16.1. The number of pyridine rings is 1. The summed E-state index contributed by atoms with van der Waals surface area (Å²) in [6.07, 6.45) is 9.58. The highest BCUT2D eigenvalue weighted by atomic mass is 16.5. The molecule has 1 aliphatic carbocycles. The lowest BCUT2D eigenvalue weighted by molar-refractivity contribution is 0.0363. The molecule has 0 radical (unpaired) electrons. The summed E-state index contributed by atoms with van der Waals surface area (Å²) in [5, 5.41) is 5.32. The Bertz CT molecular complexity index is 1030. The minimum atomic E-state index is -0.0186. The van der Waals surface area contributed by atoms with Crippen LogP contribution in [0, 0.1) is 0 Å². The summed E-state index contributed by atoms with van der Waals surface area (Å²) in [6, 6.07) is 1.96. The first kappa shape index (κ1) is 17.8. The van der Waals surface area contributed by atoms with Gasteiger partial charge in [0.1, 0.15) is 0 Å². The smallest absolute Gasteiger partial charge is 0.261 e. The molecule has 1 aliphatic heterocycles. The van der Waals surface area contributed by atoms with Crippen LogP contribution in [0.5, 0.6) is 0 Å². The Morgan fingerprint density at radius 2 is 1.93 bits per heavy atom. The molecule has 1 saturated heterocycles. The largest absolute Gasteiger partial charge is 0.379 e. The zero-order chi connectivity index (χ0) is 18.9. The van der Waals surface area contributed by atoms with Crippen molar-refractivity contribution in [3.63, 3.8) is 0 Å². The molecule has 148 valence electrons. The topological polar surface area (TPSA) is 77.6 Å². The van der Waals surface area contributed by atoms with Gasteiger partial charge in [0.2, 0.25) is 0 Å². The maximum absolute atomic E-state index is 13.0. The molecule has 0 bridgehead atoms. The molecule has 0 spiro atoms. The molecule has 0 N–H and O–H groups in total. The van der Waals surface area contributed by atoms with Crippen molar-refractivity contribution in [1.82, 2.24) is 29.0 Å². The number of hydrogen-bond donors (Lipinski definition) is 0. The van der Waals surface area contributed by atoms with Crippen LogP contribution in [0.15, 0.2) is 23.3 Å². The van der Waals surface area contributed by atoms with Gasteiger partial charge in [0.05, 0.1) is 24.1 Å². The standard InChI is InChI=1S/C20H26N6O2/c27-19-16-14-21-20-22-18(15-4-2-1-3-5-15)23-26(20)17(16)6-7-25(19)9-8-24-10-12-28-13-11-24/h6-7,14-15H,1-5,8-13H2. The van der Waals surface area contributed by atoms with Gasteiger partial charge < -0.3 is 9.30 Å². The Labute approximate surface area is 163 Å². The molecule has 0 amide bonds. The van der Waals surface area contributed by atoms with Crippen molar-refractivity contribution in [1.29, 1.82) is 0 Å². The van der Waals surface area contributed by atoms with Gasteiger partial charge in [-0.25, -0.2) is 4.98 Å². The average Bonchev–Trinajstić information content (AvgIpc) is 3.19. The lowest BCUT2D eigenvalue weighted by Crippen LogP contribution is -2.39. The van der Waals surface area contributed by atoms with Gasteiger partial charge in [-0.15, -0.1) is 5.10 Å². The first-order chi connectivity index (χ1) is 13.8. The summed E-state index contributed by atoms with van der Waals surface area (Å²) >= 11 is 0. The second kappa shape index (κ2) is 7.60. The van der Waals surface area contributed by atoms with Gasteiger partial charge in [0.25, 0.3) is 11.3 Å². The number of hydrogen-bond acceptors (Lipinski definition) is 6. The van der Waals surface area contributed by atoms with Crippen LogP contribution in [0.1, 0.15) is 43.8 Å². The second-order valence-corrected chi connectivity index (χ2v) is 7.84. The van der Waals surface area contributed by atoms with Crippen LogP contribution in [0.25, 0.3) is 16.7 Å². The number of nitrogens with zero attached hydrogens (tertiary/aromatic N) is 6. The average molecular weight is 382 g/mol. The van der Waals surface area contributed by atoms with E-state index < -0.39 is 0 Å². The minimum absolute atomic E-state index is 0.0186. The number of morpholine rings is 1. The van der Waals surface area contributed by atoms with Crippen molar-refractivity contribution in [2.24, 2.45) is 0 Å². The van der Waals surface area contributed by atoms with Crippen LogP contribution < -0.4 is 5.56 Å². The summed E-state index contributed by atoms with van der Waals surface area (Å²) in [5.74, 6) is 1.87. The Morgan fingerprint density at radius 3 is 2.75 bits per heavy atom. The fourth-order valence-corrected chi connectivity index (χ4v) is 4.36. The molecule has 8 nitrogen and oxygen atoms in total.